The van der Waals surface area contributed by atoms with E-state index in [2.05, 4.69) is 17.1 Å². The van der Waals surface area contributed by atoms with E-state index < -0.39 is 0 Å². The van der Waals surface area contributed by atoms with Crippen LogP contribution in [0.3, 0.4) is 0 Å². The molecular weight excluding hydrogens is 230 g/mol. The lowest BCUT2D eigenvalue weighted by molar-refractivity contribution is -0.0658. The average Bonchev–Trinajstić information content (AvgIpc) is 2.87. The molecule has 1 aromatic heterocycles. The second-order valence-electron chi connectivity index (χ2n) is 5.49. The molecule has 0 spiro atoms. The van der Waals surface area contributed by atoms with Crippen molar-refractivity contribution in [3.63, 3.8) is 0 Å². The lowest BCUT2D eigenvalue weighted by Gasteiger charge is -2.36. The third-order valence-electron chi connectivity index (χ3n) is 3.97. The van der Waals surface area contributed by atoms with Crippen molar-refractivity contribution >= 4 is 0 Å². The van der Waals surface area contributed by atoms with Crippen LogP contribution in [0, 0.1) is 5.92 Å². The molecule has 0 bridgehead atoms. The molecule has 1 fully saturated rings. The summed E-state index contributed by atoms with van der Waals surface area (Å²) >= 11 is 0. The number of ether oxygens (including phenoxy) is 1. The normalized spacial score (nSPS) is 30.3. The van der Waals surface area contributed by atoms with E-state index in [0.717, 1.165) is 19.3 Å². The standard InChI is InChI=1S/C13H23N3O2/c1-9-5-4-6-13(7-9,17-3)12-15-11(18-16-12)10(2)8-14/h9-10H,4-8,14H2,1-3H3. The quantitative estimate of drug-likeness (QED) is 0.890. The van der Waals surface area contributed by atoms with Gasteiger partial charge in [-0.2, -0.15) is 4.98 Å². The van der Waals surface area contributed by atoms with Crippen LogP contribution in [0.5, 0.6) is 0 Å². The summed E-state index contributed by atoms with van der Waals surface area (Å²) in [4.78, 5) is 4.50. The summed E-state index contributed by atoms with van der Waals surface area (Å²) in [6, 6.07) is 0. The predicted octanol–water partition coefficient (Wildman–Crippen LogP) is 2.18. The minimum absolute atomic E-state index is 0.0983. The van der Waals surface area contributed by atoms with Gasteiger partial charge >= 0.3 is 0 Å². The molecule has 5 nitrogen and oxygen atoms in total. The molecule has 2 N–H and O–H groups in total. The van der Waals surface area contributed by atoms with Crippen LogP contribution < -0.4 is 5.73 Å². The Morgan fingerprint density at radius 2 is 2.39 bits per heavy atom. The van der Waals surface area contributed by atoms with Crippen LogP contribution in [-0.2, 0) is 10.3 Å². The van der Waals surface area contributed by atoms with E-state index in [4.69, 9.17) is 15.0 Å². The van der Waals surface area contributed by atoms with E-state index in [1.54, 1.807) is 7.11 Å². The molecule has 18 heavy (non-hydrogen) atoms. The highest BCUT2D eigenvalue weighted by molar-refractivity contribution is 5.05. The van der Waals surface area contributed by atoms with Gasteiger partial charge in [-0.15, -0.1) is 0 Å². The highest BCUT2D eigenvalue weighted by Gasteiger charge is 2.41. The fraction of sp³-hybridized carbons (Fsp3) is 0.846. The number of nitrogens with two attached hydrogens (primary N) is 1. The topological polar surface area (TPSA) is 74.2 Å². The van der Waals surface area contributed by atoms with Gasteiger partial charge in [0.25, 0.3) is 0 Å². The summed E-state index contributed by atoms with van der Waals surface area (Å²) in [5.74, 6) is 2.03. The zero-order chi connectivity index (χ0) is 13.2. The molecule has 0 saturated heterocycles. The highest BCUT2D eigenvalue weighted by atomic mass is 16.5. The Morgan fingerprint density at radius 3 is 3.00 bits per heavy atom. The first-order chi connectivity index (χ1) is 8.61. The smallest absolute Gasteiger partial charge is 0.230 e. The van der Waals surface area contributed by atoms with Gasteiger partial charge in [0, 0.05) is 19.6 Å². The van der Waals surface area contributed by atoms with Gasteiger partial charge in [0.1, 0.15) is 5.60 Å². The van der Waals surface area contributed by atoms with Crippen LogP contribution >= 0.6 is 0 Å². The molecule has 2 rings (SSSR count). The molecule has 3 unspecified atom stereocenters. The predicted molar refractivity (Wildman–Crippen MR) is 68.1 cm³/mol. The van der Waals surface area contributed by atoms with E-state index in [1.165, 1.54) is 6.42 Å². The Bertz CT molecular complexity index is 393. The van der Waals surface area contributed by atoms with Gasteiger partial charge in [0.05, 0.1) is 0 Å². The SMILES string of the molecule is COC1(c2noc(C(C)CN)n2)CCCC(C)C1. The Kier molecular flexibility index (Phi) is 4.02. The summed E-state index contributed by atoms with van der Waals surface area (Å²) in [5.41, 5.74) is 5.25. The minimum Gasteiger partial charge on any atom is -0.370 e. The molecule has 0 aromatic carbocycles. The highest BCUT2D eigenvalue weighted by Crippen LogP contribution is 2.41. The summed E-state index contributed by atoms with van der Waals surface area (Å²) in [7, 11) is 1.74. The summed E-state index contributed by atoms with van der Waals surface area (Å²) in [6.45, 7) is 4.74. The van der Waals surface area contributed by atoms with Crippen LogP contribution in [0.25, 0.3) is 0 Å². The van der Waals surface area contributed by atoms with Crippen molar-refractivity contribution in [2.45, 2.75) is 51.0 Å². The van der Waals surface area contributed by atoms with Crippen molar-refractivity contribution < 1.29 is 9.26 Å². The molecule has 1 aromatic rings. The van der Waals surface area contributed by atoms with Gasteiger partial charge in [-0.25, -0.2) is 0 Å². The zero-order valence-electron chi connectivity index (χ0n) is 11.5. The number of nitrogens with zero attached hydrogens (tertiary/aromatic N) is 2. The zero-order valence-corrected chi connectivity index (χ0v) is 11.5. The fourth-order valence-corrected chi connectivity index (χ4v) is 2.70. The molecular formula is C13H23N3O2. The van der Waals surface area contributed by atoms with Crippen molar-refractivity contribution in [2.24, 2.45) is 11.7 Å². The minimum atomic E-state index is -0.367. The first-order valence-electron chi connectivity index (χ1n) is 6.70. The van der Waals surface area contributed by atoms with E-state index in [9.17, 15) is 0 Å². The van der Waals surface area contributed by atoms with E-state index in [1.807, 2.05) is 6.92 Å². The van der Waals surface area contributed by atoms with Crippen molar-refractivity contribution in [1.82, 2.24) is 10.1 Å². The van der Waals surface area contributed by atoms with Crippen molar-refractivity contribution in [1.29, 1.82) is 0 Å². The molecule has 102 valence electrons. The van der Waals surface area contributed by atoms with Gasteiger partial charge in [-0.05, 0) is 25.2 Å². The molecule has 0 aliphatic heterocycles. The van der Waals surface area contributed by atoms with Crippen LogP contribution in [0.1, 0.15) is 57.2 Å². The molecule has 1 saturated carbocycles. The molecule has 1 aliphatic carbocycles. The number of methoxy groups -OCH3 is 1. The van der Waals surface area contributed by atoms with Gasteiger partial charge in [-0.1, -0.05) is 25.4 Å². The van der Waals surface area contributed by atoms with Crippen LogP contribution in [-0.4, -0.2) is 23.8 Å². The molecule has 1 aliphatic rings. The maximum atomic E-state index is 5.75. The first kappa shape index (κ1) is 13.5. The van der Waals surface area contributed by atoms with Gasteiger partial charge in [0.15, 0.2) is 0 Å². The lowest BCUT2D eigenvalue weighted by atomic mass is 9.78. The van der Waals surface area contributed by atoms with Crippen LogP contribution in [0.4, 0.5) is 0 Å². The van der Waals surface area contributed by atoms with Crippen molar-refractivity contribution in [3.8, 4) is 0 Å². The average molecular weight is 253 g/mol. The summed E-state index contributed by atoms with van der Waals surface area (Å²) < 4.78 is 11.1. The van der Waals surface area contributed by atoms with Crippen LogP contribution in [0.2, 0.25) is 0 Å². The number of aromatic nitrogens is 2. The Labute approximate surface area is 108 Å². The fourth-order valence-electron chi connectivity index (χ4n) is 2.70. The molecule has 0 radical (unpaired) electrons. The second-order valence-corrected chi connectivity index (χ2v) is 5.49. The van der Waals surface area contributed by atoms with Crippen molar-refractivity contribution in [2.75, 3.05) is 13.7 Å². The van der Waals surface area contributed by atoms with Gasteiger partial charge in [-0.3, -0.25) is 0 Å². The first-order valence-corrected chi connectivity index (χ1v) is 6.70. The maximum absolute atomic E-state index is 5.75. The second kappa shape index (κ2) is 5.36. The molecule has 1 heterocycles. The monoisotopic (exact) mass is 253 g/mol. The molecule has 5 heteroatoms. The molecule has 3 atom stereocenters. The number of hydrogen-bond donors (Lipinski definition) is 1. The molecule has 0 amide bonds. The van der Waals surface area contributed by atoms with E-state index in [0.29, 0.717) is 24.2 Å². The van der Waals surface area contributed by atoms with Gasteiger partial charge in [0.2, 0.25) is 11.7 Å². The van der Waals surface area contributed by atoms with Gasteiger partial charge < -0.3 is 15.0 Å². The Balaban J connectivity index is 2.24. The number of rotatable bonds is 4. The maximum Gasteiger partial charge on any atom is 0.230 e. The lowest BCUT2D eigenvalue weighted by Crippen LogP contribution is -2.35. The Morgan fingerprint density at radius 1 is 1.61 bits per heavy atom. The third kappa shape index (κ3) is 2.42. The third-order valence-corrected chi connectivity index (χ3v) is 3.97. The largest absolute Gasteiger partial charge is 0.370 e. The Hall–Kier alpha value is -0.940. The van der Waals surface area contributed by atoms with Crippen molar-refractivity contribution in [3.05, 3.63) is 11.7 Å². The summed E-state index contributed by atoms with van der Waals surface area (Å²) in [5, 5.41) is 4.12. The van der Waals surface area contributed by atoms with Crippen LogP contribution in [0.15, 0.2) is 4.52 Å². The van der Waals surface area contributed by atoms with E-state index >= 15 is 0 Å². The summed E-state index contributed by atoms with van der Waals surface area (Å²) in [6.07, 6.45) is 4.31. The van der Waals surface area contributed by atoms with E-state index in [-0.39, 0.29) is 11.5 Å². The number of hydrogen-bond acceptors (Lipinski definition) is 5.